The molecule has 34 heavy (non-hydrogen) atoms. The molecular formula is C27H31NO5S. The highest BCUT2D eigenvalue weighted by molar-refractivity contribution is 7.87. The quantitative estimate of drug-likeness (QED) is 0.328. The van der Waals surface area contributed by atoms with Crippen LogP contribution in [0.4, 0.5) is 0 Å². The first-order valence-corrected chi connectivity index (χ1v) is 12.6. The molecule has 1 atom stereocenters. The Morgan fingerprint density at radius 2 is 1.44 bits per heavy atom. The number of esters is 1. The minimum absolute atomic E-state index is 0.0987. The van der Waals surface area contributed by atoms with Crippen LogP contribution >= 0.6 is 0 Å². The zero-order valence-corrected chi connectivity index (χ0v) is 20.5. The Hall–Kier alpha value is -3.16. The Bertz CT molecular complexity index is 1160. The second-order valence-electron chi connectivity index (χ2n) is 9.05. The molecule has 0 fully saturated rings. The van der Waals surface area contributed by atoms with Crippen molar-refractivity contribution in [3.05, 3.63) is 96.1 Å². The molecule has 0 aliphatic heterocycles. The summed E-state index contributed by atoms with van der Waals surface area (Å²) in [5.74, 6) is -0.0412. The minimum Gasteiger partial charge on any atom is -0.460 e. The van der Waals surface area contributed by atoms with E-state index in [1.54, 1.807) is 30.3 Å². The lowest BCUT2D eigenvalue weighted by Gasteiger charge is -2.23. The van der Waals surface area contributed by atoms with Gasteiger partial charge in [-0.3, -0.25) is 4.79 Å². The van der Waals surface area contributed by atoms with Gasteiger partial charge in [-0.05, 0) is 62.6 Å². The second-order valence-corrected chi connectivity index (χ2v) is 10.6. The predicted octanol–water partition coefficient (Wildman–Crippen LogP) is 4.89. The van der Waals surface area contributed by atoms with E-state index >= 15 is 0 Å². The van der Waals surface area contributed by atoms with Crippen LogP contribution in [0.2, 0.25) is 0 Å². The zero-order valence-electron chi connectivity index (χ0n) is 19.7. The van der Waals surface area contributed by atoms with Gasteiger partial charge in [0.2, 0.25) is 0 Å². The Morgan fingerprint density at radius 1 is 0.853 bits per heavy atom. The minimum atomic E-state index is -3.90. The molecule has 3 aromatic rings. The largest absolute Gasteiger partial charge is 0.460 e. The summed E-state index contributed by atoms with van der Waals surface area (Å²) in [7, 11) is -3.90. The van der Waals surface area contributed by atoms with Crippen molar-refractivity contribution in [2.45, 2.75) is 56.7 Å². The highest BCUT2D eigenvalue weighted by atomic mass is 32.2. The van der Waals surface area contributed by atoms with Gasteiger partial charge in [-0.25, -0.2) is 0 Å². The SMILES string of the molecule is CC(C)(C)OC(=O)CC(Cc1ccc(OS(=O)(=O)c2ccccc2)cc1)NCc1ccccc1. The van der Waals surface area contributed by atoms with Crippen molar-refractivity contribution in [2.75, 3.05) is 0 Å². The molecular weight excluding hydrogens is 450 g/mol. The Labute approximate surface area is 202 Å². The molecule has 6 nitrogen and oxygen atoms in total. The number of carbonyl (C=O) groups is 1. The summed E-state index contributed by atoms with van der Waals surface area (Å²) in [5, 5.41) is 3.45. The van der Waals surface area contributed by atoms with Gasteiger partial charge < -0.3 is 14.2 Å². The fraction of sp³-hybridized carbons (Fsp3) is 0.296. The molecule has 0 amide bonds. The van der Waals surface area contributed by atoms with Crippen molar-refractivity contribution in [3.8, 4) is 5.75 Å². The third kappa shape index (κ3) is 8.32. The lowest BCUT2D eigenvalue weighted by atomic mass is 10.0. The zero-order chi connectivity index (χ0) is 24.6. The maximum absolute atomic E-state index is 12.5. The smallest absolute Gasteiger partial charge is 0.339 e. The average Bonchev–Trinajstić information content (AvgIpc) is 2.78. The van der Waals surface area contributed by atoms with Crippen molar-refractivity contribution < 1.29 is 22.1 Å². The number of hydrogen-bond acceptors (Lipinski definition) is 6. The van der Waals surface area contributed by atoms with Gasteiger partial charge in [0.05, 0.1) is 6.42 Å². The van der Waals surface area contributed by atoms with Gasteiger partial charge in [-0.1, -0.05) is 60.7 Å². The lowest BCUT2D eigenvalue weighted by molar-refractivity contribution is -0.155. The van der Waals surface area contributed by atoms with Crippen LogP contribution in [-0.4, -0.2) is 26.0 Å². The molecule has 0 aromatic heterocycles. The number of rotatable bonds is 10. The van der Waals surface area contributed by atoms with Gasteiger partial charge in [0.15, 0.2) is 0 Å². The van der Waals surface area contributed by atoms with E-state index in [4.69, 9.17) is 8.92 Å². The molecule has 0 heterocycles. The van der Waals surface area contributed by atoms with Crippen LogP contribution in [0.25, 0.3) is 0 Å². The number of nitrogens with one attached hydrogen (secondary N) is 1. The molecule has 0 aliphatic rings. The molecule has 0 aliphatic carbocycles. The molecule has 1 unspecified atom stereocenters. The van der Waals surface area contributed by atoms with Crippen LogP contribution < -0.4 is 9.50 Å². The van der Waals surface area contributed by atoms with E-state index in [1.165, 1.54) is 12.1 Å². The number of benzene rings is 3. The van der Waals surface area contributed by atoms with E-state index in [2.05, 4.69) is 5.32 Å². The van der Waals surface area contributed by atoms with Gasteiger partial charge in [-0.15, -0.1) is 0 Å². The fourth-order valence-corrected chi connectivity index (χ4v) is 4.34. The van der Waals surface area contributed by atoms with Crippen molar-refractivity contribution in [2.24, 2.45) is 0 Å². The van der Waals surface area contributed by atoms with Gasteiger partial charge in [0, 0.05) is 12.6 Å². The van der Waals surface area contributed by atoms with Crippen molar-refractivity contribution in [1.29, 1.82) is 0 Å². The molecule has 0 saturated carbocycles. The van der Waals surface area contributed by atoms with E-state index in [9.17, 15) is 13.2 Å². The Balaban J connectivity index is 1.67. The summed E-state index contributed by atoms with van der Waals surface area (Å²) in [6.45, 7) is 6.16. The first-order chi connectivity index (χ1) is 16.1. The highest BCUT2D eigenvalue weighted by Gasteiger charge is 2.21. The van der Waals surface area contributed by atoms with Crippen LogP contribution in [0.3, 0.4) is 0 Å². The summed E-state index contributed by atoms with van der Waals surface area (Å²) in [5.41, 5.74) is 1.51. The van der Waals surface area contributed by atoms with E-state index in [-0.39, 0.29) is 29.1 Å². The lowest BCUT2D eigenvalue weighted by Crippen LogP contribution is -2.35. The van der Waals surface area contributed by atoms with Crippen molar-refractivity contribution in [3.63, 3.8) is 0 Å². The maximum Gasteiger partial charge on any atom is 0.339 e. The van der Waals surface area contributed by atoms with Gasteiger partial charge in [0.1, 0.15) is 16.2 Å². The molecule has 0 spiro atoms. The first kappa shape index (κ1) is 25.5. The van der Waals surface area contributed by atoms with E-state index in [1.807, 2.05) is 63.2 Å². The highest BCUT2D eigenvalue weighted by Crippen LogP contribution is 2.20. The summed E-state index contributed by atoms with van der Waals surface area (Å²) in [6, 6.07) is 24.7. The third-order valence-corrected chi connectivity index (χ3v) is 6.18. The normalized spacial score (nSPS) is 12.7. The van der Waals surface area contributed by atoms with Crippen LogP contribution in [0.5, 0.6) is 5.75 Å². The van der Waals surface area contributed by atoms with Crippen molar-refractivity contribution >= 4 is 16.1 Å². The van der Waals surface area contributed by atoms with E-state index < -0.39 is 15.7 Å². The monoisotopic (exact) mass is 481 g/mol. The standard InChI is InChI=1S/C27H31NO5S/c1-27(2,3)32-26(29)19-23(28-20-22-10-6-4-7-11-22)18-21-14-16-24(17-15-21)33-34(30,31)25-12-8-5-9-13-25/h4-17,23,28H,18-20H2,1-3H3. The molecule has 0 bridgehead atoms. The molecule has 0 radical (unpaired) electrons. The van der Waals surface area contributed by atoms with Crippen molar-refractivity contribution in [1.82, 2.24) is 5.32 Å². The molecule has 3 rings (SSSR count). The number of carbonyl (C=O) groups excluding carboxylic acids is 1. The van der Waals surface area contributed by atoms with E-state index in [0.717, 1.165) is 11.1 Å². The Kier molecular flexibility index (Phi) is 8.47. The second kappa shape index (κ2) is 11.3. The number of ether oxygens (including phenoxy) is 1. The summed E-state index contributed by atoms with van der Waals surface area (Å²) in [4.78, 5) is 12.6. The molecule has 0 saturated heterocycles. The van der Waals surface area contributed by atoms with Crippen LogP contribution in [-0.2, 0) is 32.6 Å². The molecule has 7 heteroatoms. The molecule has 180 valence electrons. The summed E-state index contributed by atoms with van der Waals surface area (Å²) in [6.07, 6.45) is 0.780. The van der Waals surface area contributed by atoms with Gasteiger partial charge in [-0.2, -0.15) is 8.42 Å². The van der Waals surface area contributed by atoms with Crippen LogP contribution in [0.15, 0.2) is 89.8 Å². The van der Waals surface area contributed by atoms with Crippen LogP contribution in [0, 0.1) is 0 Å². The topological polar surface area (TPSA) is 81.7 Å². The summed E-state index contributed by atoms with van der Waals surface area (Å²) < 4.78 is 35.6. The Morgan fingerprint density at radius 3 is 2.03 bits per heavy atom. The predicted molar refractivity (Wildman–Crippen MR) is 132 cm³/mol. The molecule has 1 N–H and O–H groups in total. The number of hydrogen-bond donors (Lipinski definition) is 1. The van der Waals surface area contributed by atoms with Gasteiger partial charge >= 0.3 is 16.1 Å². The van der Waals surface area contributed by atoms with Gasteiger partial charge in [0.25, 0.3) is 0 Å². The fourth-order valence-electron chi connectivity index (χ4n) is 3.39. The summed E-state index contributed by atoms with van der Waals surface area (Å²) >= 11 is 0. The van der Waals surface area contributed by atoms with Crippen LogP contribution in [0.1, 0.15) is 38.3 Å². The maximum atomic E-state index is 12.5. The third-order valence-electron chi connectivity index (χ3n) is 4.91. The first-order valence-electron chi connectivity index (χ1n) is 11.2. The molecule has 3 aromatic carbocycles. The van der Waals surface area contributed by atoms with E-state index in [0.29, 0.717) is 13.0 Å². The average molecular weight is 482 g/mol.